The van der Waals surface area contributed by atoms with Crippen LogP contribution in [0, 0.1) is 17.2 Å². The molecular weight excluding hydrogens is 400 g/mol. The maximum atomic E-state index is 13.3. The molecule has 164 valence electrons. The Bertz CT molecular complexity index is 1070. The first kappa shape index (κ1) is 22.3. The number of rotatable bonds is 7. The third-order valence-electron chi connectivity index (χ3n) is 6.23. The number of hydrogen-bond donors (Lipinski definition) is 3. The van der Waals surface area contributed by atoms with Crippen LogP contribution in [-0.4, -0.2) is 47.2 Å². The molecule has 0 saturated heterocycles. The summed E-state index contributed by atoms with van der Waals surface area (Å²) in [6, 6.07) is 8.12. The largest absolute Gasteiger partial charge is 0.477 e. The summed E-state index contributed by atoms with van der Waals surface area (Å²) >= 11 is 0. The molecular formula is C22H26N4O5. The minimum Gasteiger partial charge on any atom is -0.477 e. The Kier molecular flexibility index (Phi) is 6.32. The number of carbonyl (C=O) groups is 3. The molecule has 0 radical (unpaired) electrons. The maximum absolute atomic E-state index is 13.3. The van der Waals surface area contributed by atoms with Crippen molar-refractivity contribution in [2.75, 3.05) is 13.7 Å². The van der Waals surface area contributed by atoms with E-state index in [4.69, 9.17) is 10.5 Å². The van der Waals surface area contributed by atoms with Crippen LogP contribution in [0.1, 0.15) is 41.7 Å². The van der Waals surface area contributed by atoms with Gasteiger partial charge in [-0.25, -0.2) is 4.79 Å². The zero-order chi connectivity index (χ0) is 22.8. The van der Waals surface area contributed by atoms with Crippen molar-refractivity contribution in [3.63, 3.8) is 0 Å². The number of hydrogen-bond acceptors (Lipinski definition) is 5. The van der Waals surface area contributed by atoms with Gasteiger partial charge in [0.2, 0.25) is 11.8 Å². The van der Waals surface area contributed by atoms with E-state index in [1.165, 1.54) is 11.7 Å². The number of amides is 2. The molecule has 0 spiro atoms. The lowest BCUT2D eigenvalue weighted by Gasteiger charge is -2.41. The van der Waals surface area contributed by atoms with Gasteiger partial charge in [-0.1, -0.05) is 31.0 Å². The first-order valence-corrected chi connectivity index (χ1v) is 10.1. The Balaban J connectivity index is 2.25. The lowest BCUT2D eigenvalue weighted by Crippen LogP contribution is -2.56. The van der Waals surface area contributed by atoms with Crippen LogP contribution in [0.15, 0.2) is 24.3 Å². The topological polar surface area (TPSA) is 147 Å². The molecule has 1 fully saturated rings. The molecule has 1 heterocycles. The molecule has 1 aliphatic carbocycles. The quantitative estimate of drug-likeness (QED) is 0.610. The van der Waals surface area contributed by atoms with Gasteiger partial charge in [0.1, 0.15) is 11.7 Å². The predicted octanol–water partition coefficient (Wildman–Crippen LogP) is 1.44. The molecule has 2 aromatic rings. The van der Waals surface area contributed by atoms with Gasteiger partial charge in [0.25, 0.3) is 0 Å². The second-order valence-corrected chi connectivity index (χ2v) is 7.88. The number of primary amides is 1. The number of fused-ring (bicyclic) bond motifs is 1. The van der Waals surface area contributed by atoms with E-state index >= 15 is 0 Å². The summed E-state index contributed by atoms with van der Waals surface area (Å²) in [5.41, 5.74) is 5.27. The number of aromatic nitrogens is 1. The molecule has 1 aliphatic rings. The second kappa shape index (κ2) is 8.78. The van der Waals surface area contributed by atoms with Crippen LogP contribution in [0.5, 0.6) is 0 Å². The minimum atomic E-state index is -1.51. The number of aromatic carboxylic acids is 1. The van der Waals surface area contributed by atoms with Crippen LogP contribution in [0.2, 0.25) is 0 Å². The summed E-state index contributed by atoms with van der Waals surface area (Å²) in [7, 11) is 3.03. The summed E-state index contributed by atoms with van der Waals surface area (Å²) in [4.78, 5) is 38.6. The van der Waals surface area contributed by atoms with E-state index in [9.17, 15) is 24.8 Å². The molecule has 0 bridgehead atoms. The van der Waals surface area contributed by atoms with Crippen molar-refractivity contribution in [2.45, 2.75) is 37.1 Å². The van der Waals surface area contributed by atoms with Crippen molar-refractivity contribution in [3.05, 3.63) is 35.5 Å². The molecule has 3 rings (SSSR count). The van der Waals surface area contributed by atoms with E-state index in [0.29, 0.717) is 30.2 Å². The van der Waals surface area contributed by atoms with E-state index < -0.39 is 35.2 Å². The molecule has 4 N–H and O–H groups in total. The fourth-order valence-electron chi connectivity index (χ4n) is 4.89. The highest BCUT2D eigenvalue weighted by Crippen LogP contribution is 2.48. The maximum Gasteiger partial charge on any atom is 0.352 e. The van der Waals surface area contributed by atoms with E-state index in [2.05, 4.69) is 5.32 Å². The Morgan fingerprint density at radius 2 is 2.10 bits per heavy atom. The van der Waals surface area contributed by atoms with Crippen molar-refractivity contribution in [3.8, 4) is 6.07 Å². The number of nitrogens with two attached hydrogens (primary N) is 1. The third kappa shape index (κ3) is 3.64. The number of carbonyl (C=O) groups excluding carboxylic acids is 2. The Morgan fingerprint density at radius 3 is 2.71 bits per heavy atom. The van der Waals surface area contributed by atoms with Gasteiger partial charge >= 0.3 is 5.97 Å². The molecule has 1 saturated carbocycles. The summed E-state index contributed by atoms with van der Waals surface area (Å²) in [5, 5.41) is 22.5. The van der Waals surface area contributed by atoms with Crippen LogP contribution in [0.3, 0.4) is 0 Å². The fourth-order valence-corrected chi connectivity index (χ4v) is 4.89. The number of aryl methyl sites for hydroxylation is 1. The van der Waals surface area contributed by atoms with Gasteiger partial charge in [-0.15, -0.1) is 0 Å². The number of benzene rings is 1. The third-order valence-corrected chi connectivity index (χ3v) is 6.23. The zero-order valence-corrected chi connectivity index (χ0v) is 17.6. The van der Waals surface area contributed by atoms with Crippen molar-refractivity contribution in [1.82, 2.24) is 9.88 Å². The molecule has 31 heavy (non-hydrogen) atoms. The molecule has 2 amide bonds. The van der Waals surface area contributed by atoms with E-state index in [1.807, 2.05) is 6.07 Å². The predicted molar refractivity (Wildman–Crippen MR) is 112 cm³/mol. The molecule has 9 heteroatoms. The molecule has 1 unspecified atom stereocenters. The average molecular weight is 426 g/mol. The second-order valence-electron chi connectivity index (χ2n) is 7.88. The standard InChI is InChI=1S/C22H26N4O5/c1-26-16-9-4-3-7-14(16)17(18(26)20(28)29)22(21(24)30)10-6-5-8-15(22)19(27)25-13(11-23)12-31-2/h3-4,7,9,13,15H,5-6,8,10,12H2,1-2H3,(H2,24,30)(H,25,27)(H,28,29)/t13?,15-,22-/m0/s1. The van der Waals surface area contributed by atoms with E-state index in [-0.39, 0.29) is 24.3 Å². The Hall–Kier alpha value is -3.38. The van der Waals surface area contributed by atoms with Crippen molar-refractivity contribution in [1.29, 1.82) is 5.26 Å². The average Bonchev–Trinajstić information content (AvgIpc) is 3.06. The van der Waals surface area contributed by atoms with Gasteiger partial charge in [-0.3, -0.25) is 9.59 Å². The normalized spacial score (nSPS) is 21.9. The number of carboxylic acids is 1. The summed E-state index contributed by atoms with van der Waals surface area (Å²) in [5.74, 6) is -3.36. The van der Waals surface area contributed by atoms with Gasteiger partial charge < -0.3 is 25.5 Å². The minimum absolute atomic E-state index is 0.00677. The number of para-hydroxylation sites is 1. The SMILES string of the molecule is COCC(C#N)NC(=O)[C@@H]1CCCC[C@@]1(C(N)=O)c1c(C(=O)O)n(C)c2ccccc12. The number of ether oxygens (including phenoxy) is 1. The molecule has 1 aromatic carbocycles. The molecule has 0 aliphatic heterocycles. The van der Waals surface area contributed by atoms with Gasteiger partial charge in [0, 0.05) is 30.6 Å². The van der Waals surface area contributed by atoms with Gasteiger partial charge in [0.05, 0.1) is 24.0 Å². The zero-order valence-electron chi connectivity index (χ0n) is 17.6. The smallest absolute Gasteiger partial charge is 0.352 e. The van der Waals surface area contributed by atoms with E-state index in [1.54, 1.807) is 31.3 Å². The number of methoxy groups -OCH3 is 1. The monoisotopic (exact) mass is 426 g/mol. The Morgan fingerprint density at radius 1 is 1.39 bits per heavy atom. The summed E-state index contributed by atoms with van der Waals surface area (Å²) in [6.45, 7) is -0.00677. The highest BCUT2D eigenvalue weighted by Gasteiger charge is 2.54. The number of nitrogens with one attached hydrogen (secondary N) is 1. The lowest BCUT2D eigenvalue weighted by atomic mass is 9.60. The number of nitrogens with zero attached hydrogens (tertiary/aromatic N) is 2. The van der Waals surface area contributed by atoms with Crippen molar-refractivity contribution in [2.24, 2.45) is 18.7 Å². The Labute approximate surface area is 179 Å². The van der Waals surface area contributed by atoms with Crippen molar-refractivity contribution < 1.29 is 24.2 Å². The van der Waals surface area contributed by atoms with Gasteiger partial charge in [0.15, 0.2) is 0 Å². The first-order chi connectivity index (χ1) is 14.8. The highest BCUT2D eigenvalue weighted by atomic mass is 16.5. The van der Waals surface area contributed by atoms with E-state index in [0.717, 1.165) is 0 Å². The van der Waals surface area contributed by atoms with Crippen LogP contribution in [0.25, 0.3) is 10.9 Å². The number of carboxylic acid groups (broad SMARTS) is 1. The molecule has 9 nitrogen and oxygen atoms in total. The molecule has 1 aromatic heterocycles. The number of nitriles is 1. The first-order valence-electron chi connectivity index (χ1n) is 10.1. The van der Waals surface area contributed by atoms with Crippen molar-refractivity contribution >= 4 is 28.7 Å². The highest BCUT2D eigenvalue weighted by molar-refractivity contribution is 6.06. The summed E-state index contributed by atoms with van der Waals surface area (Å²) in [6.07, 6.45) is 1.90. The van der Waals surface area contributed by atoms with Crippen LogP contribution >= 0.6 is 0 Å². The van der Waals surface area contributed by atoms with Crippen LogP contribution < -0.4 is 11.1 Å². The van der Waals surface area contributed by atoms with Gasteiger partial charge in [-0.05, 0) is 18.9 Å². The summed E-state index contributed by atoms with van der Waals surface area (Å²) < 4.78 is 6.49. The van der Waals surface area contributed by atoms with Crippen LogP contribution in [0.4, 0.5) is 0 Å². The van der Waals surface area contributed by atoms with Crippen LogP contribution in [-0.2, 0) is 26.8 Å². The fraction of sp³-hybridized carbons (Fsp3) is 0.455. The van der Waals surface area contributed by atoms with Gasteiger partial charge in [-0.2, -0.15) is 5.26 Å². The molecule has 3 atom stereocenters. The lowest BCUT2D eigenvalue weighted by molar-refractivity contribution is -0.137.